The van der Waals surface area contributed by atoms with E-state index in [4.69, 9.17) is 0 Å². The molecular formula is C18H28N2O2. The highest BCUT2D eigenvalue weighted by atomic mass is 16.3. The fraction of sp³-hybridized carbons (Fsp3) is 0.611. The number of nitrogens with zero attached hydrogens (tertiary/aromatic N) is 1. The normalized spacial score (nSPS) is 21.2. The van der Waals surface area contributed by atoms with Gasteiger partial charge in [0, 0.05) is 13.1 Å². The molecule has 0 aliphatic heterocycles. The van der Waals surface area contributed by atoms with Crippen LogP contribution >= 0.6 is 0 Å². The van der Waals surface area contributed by atoms with Crippen molar-refractivity contribution in [2.24, 2.45) is 5.92 Å². The molecule has 2 N–H and O–H groups in total. The smallest absolute Gasteiger partial charge is 0.234 e. The first-order valence-corrected chi connectivity index (χ1v) is 8.32. The van der Waals surface area contributed by atoms with Crippen LogP contribution in [0.5, 0.6) is 0 Å². The van der Waals surface area contributed by atoms with Gasteiger partial charge in [-0.05, 0) is 44.2 Å². The molecule has 0 heterocycles. The molecule has 1 amide bonds. The van der Waals surface area contributed by atoms with Gasteiger partial charge in [0.05, 0.1) is 12.6 Å². The van der Waals surface area contributed by atoms with Crippen LogP contribution in [0.2, 0.25) is 0 Å². The molecule has 0 spiro atoms. The Labute approximate surface area is 133 Å². The van der Waals surface area contributed by atoms with Crippen LogP contribution in [0.3, 0.4) is 0 Å². The van der Waals surface area contributed by atoms with Crippen molar-refractivity contribution in [3.8, 4) is 0 Å². The molecule has 4 nitrogen and oxygen atoms in total. The van der Waals surface area contributed by atoms with Crippen molar-refractivity contribution in [3.63, 3.8) is 0 Å². The molecular weight excluding hydrogens is 276 g/mol. The second-order valence-corrected chi connectivity index (χ2v) is 6.39. The molecule has 1 aliphatic carbocycles. The third-order valence-electron chi connectivity index (χ3n) is 4.39. The van der Waals surface area contributed by atoms with E-state index in [9.17, 15) is 9.90 Å². The van der Waals surface area contributed by atoms with Crippen LogP contribution < -0.4 is 5.32 Å². The molecule has 0 saturated heterocycles. The number of benzene rings is 1. The number of aliphatic hydroxyl groups is 1. The van der Waals surface area contributed by atoms with Crippen molar-refractivity contribution < 1.29 is 9.90 Å². The van der Waals surface area contributed by atoms with E-state index < -0.39 is 0 Å². The summed E-state index contributed by atoms with van der Waals surface area (Å²) in [5, 5.41) is 12.8. The van der Waals surface area contributed by atoms with Gasteiger partial charge in [0.1, 0.15) is 0 Å². The van der Waals surface area contributed by atoms with Gasteiger partial charge >= 0.3 is 0 Å². The van der Waals surface area contributed by atoms with Crippen molar-refractivity contribution in [1.82, 2.24) is 10.2 Å². The highest BCUT2D eigenvalue weighted by molar-refractivity contribution is 5.77. The predicted molar refractivity (Wildman–Crippen MR) is 88.6 cm³/mol. The Hall–Kier alpha value is -1.39. The Morgan fingerprint density at radius 2 is 2.09 bits per heavy atom. The zero-order valence-electron chi connectivity index (χ0n) is 13.5. The summed E-state index contributed by atoms with van der Waals surface area (Å²) in [6, 6.07) is 10.3. The SMILES string of the molecule is CN(CC(=O)NCCCc1ccccc1)CC1CCCC1O. The summed E-state index contributed by atoms with van der Waals surface area (Å²) in [4.78, 5) is 13.9. The van der Waals surface area contributed by atoms with Gasteiger partial charge in [-0.15, -0.1) is 0 Å². The lowest BCUT2D eigenvalue weighted by Crippen LogP contribution is -2.39. The number of aryl methyl sites for hydroxylation is 1. The van der Waals surface area contributed by atoms with Gasteiger partial charge in [-0.2, -0.15) is 0 Å². The van der Waals surface area contributed by atoms with Gasteiger partial charge in [0.2, 0.25) is 5.91 Å². The van der Waals surface area contributed by atoms with Crippen molar-refractivity contribution in [2.75, 3.05) is 26.7 Å². The minimum Gasteiger partial charge on any atom is -0.393 e. The predicted octanol–water partition coefficient (Wildman–Crippen LogP) is 1.83. The summed E-state index contributed by atoms with van der Waals surface area (Å²) in [6.07, 6.45) is 4.85. The number of amides is 1. The van der Waals surface area contributed by atoms with Crippen LogP contribution in [0.4, 0.5) is 0 Å². The minimum absolute atomic E-state index is 0.0723. The minimum atomic E-state index is -0.184. The van der Waals surface area contributed by atoms with Crippen molar-refractivity contribution >= 4 is 5.91 Å². The number of hydrogen-bond acceptors (Lipinski definition) is 3. The largest absolute Gasteiger partial charge is 0.393 e. The first-order chi connectivity index (χ1) is 10.6. The summed E-state index contributed by atoms with van der Waals surface area (Å²) in [6.45, 7) is 1.93. The number of likely N-dealkylation sites (N-methyl/N-ethyl adjacent to an activating group) is 1. The number of carbonyl (C=O) groups excluding carboxylic acids is 1. The van der Waals surface area contributed by atoms with Crippen LogP contribution in [0.15, 0.2) is 30.3 Å². The van der Waals surface area contributed by atoms with E-state index >= 15 is 0 Å². The summed E-state index contributed by atoms with van der Waals surface area (Å²) in [7, 11) is 1.95. The quantitative estimate of drug-likeness (QED) is 0.721. The number of hydrogen-bond donors (Lipinski definition) is 2. The Morgan fingerprint density at radius 1 is 1.32 bits per heavy atom. The van der Waals surface area contributed by atoms with Crippen LogP contribution in [-0.2, 0) is 11.2 Å². The zero-order valence-corrected chi connectivity index (χ0v) is 13.5. The summed E-state index contributed by atoms with van der Waals surface area (Å²) in [5.74, 6) is 0.402. The average Bonchev–Trinajstić information content (AvgIpc) is 2.90. The molecule has 1 fully saturated rings. The molecule has 1 aromatic carbocycles. The highest BCUT2D eigenvalue weighted by Gasteiger charge is 2.26. The summed E-state index contributed by atoms with van der Waals surface area (Å²) in [5.41, 5.74) is 1.31. The third kappa shape index (κ3) is 5.78. The molecule has 2 atom stereocenters. The maximum Gasteiger partial charge on any atom is 0.234 e. The standard InChI is InChI=1S/C18H28N2O2/c1-20(13-16-10-5-11-17(16)21)14-18(22)19-12-6-9-15-7-3-2-4-8-15/h2-4,7-8,16-17,21H,5-6,9-14H2,1H3,(H,19,22). The van der Waals surface area contributed by atoms with Crippen LogP contribution in [-0.4, -0.2) is 48.7 Å². The Kier molecular flexibility index (Phi) is 6.87. The second-order valence-electron chi connectivity index (χ2n) is 6.39. The van der Waals surface area contributed by atoms with Gasteiger partial charge in [-0.1, -0.05) is 36.8 Å². The fourth-order valence-corrected chi connectivity index (χ4v) is 3.16. The molecule has 22 heavy (non-hydrogen) atoms. The Balaban J connectivity index is 1.57. The monoisotopic (exact) mass is 304 g/mol. The van der Waals surface area contributed by atoms with E-state index in [0.717, 1.165) is 38.6 Å². The first-order valence-electron chi connectivity index (χ1n) is 8.32. The molecule has 2 rings (SSSR count). The highest BCUT2D eigenvalue weighted by Crippen LogP contribution is 2.25. The lowest BCUT2D eigenvalue weighted by Gasteiger charge is -2.22. The number of carbonyl (C=O) groups is 1. The number of rotatable bonds is 8. The molecule has 1 aromatic rings. The average molecular weight is 304 g/mol. The van der Waals surface area contributed by atoms with Gasteiger partial charge < -0.3 is 10.4 Å². The maximum absolute atomic E-state index is 11.9. The van der Waals surface area contributed by atoms with E-state index in [-0.39, 0.29) is 12.0 Å². The van der Waals surface area contributed by atoms with E-state index in [1.54, 1.807) is 0 Å². The number of aliphatic hydroxyl groups excluding tert-OH is 1. The van der Waals surface area contributed by atoms with Crippen molar-refractivity contribution in [1.29, 1.82) is 0 Å². The van der Waals surface area contributed by atoms with Crippen LogP contribution in [0.1, 0.15) is 31.2 Å². The second kappa shape index (κ2) is 8.91. The lowest BCUT2D eigenvalue weighted by atomic mass is 10.1. The van der Waals surface area contributed by atoms with E-state index in [0.29, 0.717) is 19.0 Å². The summed E-state index contributed by atoms with van der Waals surface area (Å²) >= 11 is 0. The molecule has 122 valence electrons. The summed E-state index contributed by atoms with van der Waals surface area (Å²) < 4.78 is 0. The molecule has 4 heteroatoms. The third-order valence-corrected chi connectivity index (χ3v) is 4.39. The van der Waals surface area contributed by atoms with Gasteiger partial charge in [-0.3, -0.25) is 9.69 Å². The maximum atomic E-state index is 11.9. The molecule has 1 aliphatic rings. The topological polar surface area (TPSA) is 52.6 Å². The van der Waals surface area contributed by atoms with E-state index in [1.807, 2.05) is 30.1 Å². The van der Waals surface area contributed by atoms with Crippen molar-refractivity contribution in [2.45, 2.75) is 38.2 Å². The lowest BCUT2D eigenvalue weighted by molar-refractivity contribution is -0.122. The van der Waals surface area contributed by atoms with E-state index in [1.165, 1.54) is 5.56 Å². The van der Waals surface area contributed by atoms with Gasteiger partial charge in [-0.25, -0.2) is 0 Å². The Bertz CT molecular complexity index is 450. The molecule has 0 radical (unpaired) electrons. The van der Waals surface area contributed by atoms with Crippen molar-refractivity contribution in [3.05, 3.63) is 35.9 Å². The van der Waals surface area contributed by atoms with Gasteiger partial charge in [0.15, 0.2) is 0 Å². The molecule has 0 bridgehead atoms. The van der Waals surface area contributed by atoms with Crippen LogP contribution in [0, 0.1) is 5.92 Å². The molecule has 0 aromatic heterocycles. The zero-order chi connectivity index (χ0) is 15.8. The van der Waals surface area contributed by atoms with E-state index in [2.05, 4.69) is 17.4 Å². The Morgan fingerprint density at radius 3 is 2.77 bits per heavy atom. The number of nitrogens with one attached hydrogen (secondary N) is 1. The fourth-order valence-electron chi connectivity index (χ4n) is 3.16. The molecule has 1 saturated carbocycles. The molecule has 2 unspecified atom stereocenters. The first kappa shape index (κ1) is 17.0. The van der Waals surface area contributed by atoms with Crippen LogP contribution in [0.25, 0.3) is 0 Å². The van der Waals surface area contributed by atoms with Gasteiger partial charge in [0.25, 0.3) is 0 Å².